The van der Waals surface area contributed by atoms with E-state index in [0.717, 1.165) is 29.2 Å². The molecule has 0 atom stereocenters. The van der Waals surface area contributed by atoms with Crippen LogP contribution in [0.5, 0.6) is 0 Å². The Bertz CT molecular complexity index is 1000. The van der Waals surface area contributed by atoms with Crippen molar-refractivity contribution < 1.29 is 14.7 Å². The van der Waals surface area contributed by atoms with E-state index in [4.69, 9.17) is 5.11 Å². The lowest BCUT2D eigenvalue weighted by Gasteiger charge is -2.16. The molecule has 0 aromatic heterocycles. The van der Waals surface area contributed by atoms with Crippen LogP contribution in [0.25, 0.3) is 10.8 Å². The number of carboxylic acids is 1. The van der Waals surface area contributed by atoms with E-state index in [1.165, 1.54) is 24.0 Å². The molecule has 0 spiro atoms. The van der Waals surface area contributed by atoms with Crippen molar-refractivity contribution in [3.8, 4) is 0 Å². The Morgan fingerprint density at radius 1 is 0.680 bits per heavy atom. The molecule has 1 aliphatic rings. The van der Waals surface area contributed by atoms with Crippen LogP contribution in [0, 0.1) is 0 Å². The second kappa shape index (κ2) is 6.17. The number of carboxylic acid groups (broad SMARTS) is 1. The number of fused-ring (bicyclic) bond motifs is 2. The molecule has 3 heteroatoms. The maximum absolute atomic E-state index is 12.9. The number of benzene rings is 3. The number of carbonyl (C=O) groups is 2. The minimum absolute atomic E-state index is 0.0117. The van der Waals surface area contributed by atoms with Gasteiger partial charge < -0.3 is 5.11 Å². The van der Waals surface area contributed by atoms with E-state index in [9.17, 15) is 9.59 Å². The number of aromatic carboxylic acids is 1. The number of rotatable bonds is 3. The predicted molar refractivity (Wildman–Crippen MR) is 97.4 cm³/mol. The molecule has 3 nitrogen and oxygen atoms in total. The van der Waals surface area contributed by atoms with Crippen LogP contribution >= 0.6 is 0 Å². The van der Waals surface area contributed by atoms with E-state index in [1.807, 2.05) is 24.3 Å². The lowest BCUT2D eigenvalue weighted by atomic mass is 9.89. The molecule has 0 radical (unpaired) electrons. The van der Waals surface area contributed by atoms with Crippen LogP contribution in [-0.4, -0.2) is 16.9 Å². The molecule has 0 saturated heterocycles. The summed E-state index contributed by atoms with van der Waals surface area (Å²) in [6.07, 6.45) is 4.56. The largest absolute Gasteiger partial charge is 0.478 e. The van der Waals surface area contributed by atoms with Gasteiger partial charge in [0.25, 0.3) is 0 Å². The third kappa shape index (κ3) is 2.93. The fourth-order valence-electron chi connectivity index (χ4n) is 3.56. The molecule has 3 aromatic rings. The molecule has 4 rings (SSSR count). The molecule has 3 aromatic carbocycles. The number of ketones is 1. The average Bonchev–Trinajstić information content (AvgIpc) is 2.66. The first-order chi connectivity index (χ1) is 12.1. The average molecular weight is 330 g/mol. The Labute approximate surface area is 145 Å². The van der Waals surface area contributed by atoms with E-state index in [0.29, 0.717) is 5.56 Å². The smallest absolute Gasteiger partial charge is 0.335 e. The van der Waals surface area contributed by atoms with Crippen LogP contribution in [-0.2, 0) is 12.8 Å². The standard InChI is InChI=1S/C22H18O3/c23-21(18-8-5-14-3-1-2-4-15(14)11-18)19-9-6-17-13-20(22(24)25)10-7-16(17)12-19/h5-13H,1-4H2,(H,24,25). The third-order valence-corrected chi connectivity index (χ3v) is 4.96. The van der Waals surface area contributed by atoms with Gasteiger partial charge in [-0.15, -0.1) is 0 Å². The van der Waals surface area contributed by atoms with Crippen LogP contribution < -0.4 is 0 Å². The summed E-state index contributed by atoms with van der Waals surface area (Å²) in [6, 6.07) is 16.4. The topological polar surface area (TPSA) is 54.4 Å². The van der Waals surface area contributed by atoms with Crippen LogP contribution in [0.3, 0.4) is 0 Å². The van der Waals surface area contributed by atoms with Gasteiger partial charge in [-0.05, 0) is 71.8 Å². The first kappa shape index (κ1) is 15.6. The van der Waals surface area contributed by atoms with Gasteiger partial charge in [0.05, 0.1) is 5.56 Å². The van der Waals surface area contributed by atoms with E-state index >= 15 is 0 Å². The molecule has 124 valence electrons. The van der Waals surface area contributed by atoms with Gasteiger partial charge in [-0.2, -0.15) is 0 Å². The van der Waals surface area contributed by atoms with Crippen LogP contribution in [0.15, 0.2) is 54.6 Å². The minimum atomic E-state index is -0.948. The van der Waals surface area contributed by atoms with Crippen molar-refractivity contribution in [1.29, 1.82) is 0 Å². The van der Waals surface area contributed by atoms with Gasteiger partial charge >= 0.3 is 5.97 Å². The van der Waals surface area contributed by atoms with Gasteiger partial charge in [-0.25, -0.2) is 4.79 Å². The Morgan fingerprint density at radius 2 is 1.24 bits per heavy atom. The number of hydrogen-bond acceptors (Lipinski definition) is 2. The van der Waals surface area contributed by atoms with Gasteiger partial charge in [-0.1, -0.05) is 30.3 Å². The zero-order valence-electron chi connectivity index (χ0n) is 13.8. The van der Waals surface area contributed by atoms with Crippen LogP contribution in [0.1, 0.15) is 50.2 Å². The van der Waals surface area contributed by atoms with Crippen molar-refractivity contribution in [3.05, 3.63) is 82.4 Å². The molecule has 25 heavy (non-hydrogen) atoms. The van der Waals surface area contributed by atoms with Crippen LogP contribution in [0.2, 0.25) is 0 Å². The molecule has 0 saturated carbocycles. The molecular weight excluding hydrogens is 312 g/mol. The predicted octanol–water partition coefficient (Wildman–Crippen LogP) is 4.65. The lowest BCUT2D eigenvalue weighted by Crippen LogP contribution is -2.07. The first-order valence-corrected chi connectivity index (χ1v) is 8.55. The highest BCUT2D eigenvalue weighted by Gasteiger charge is 2.15. The summed E-state index contributed by atoms with van der Waals surface area (Å²) < 4.78 is 0. The second-order valence-electron chi connectivity index (χ2n) is 6.60. The summed E-state index contributed by atoms with van der Waals surface area (Å²) in [5, 5.41) is 10.8. The molecule has 0 unspecified atom stereocenters. The fourth-order valence-corrected chi connectivity index (χ4v) is 3.56. The highest BCUT2D eigenvalue weighted by Crippen LogP contribution is 2.25. The Hall–Kier alpha value is -2.94. The highest BCUT2D eigenvalue weighted by molar-refractivity contribution is 6.11. The summed E-state index contributed by atoms with van der Waals surface area (Å²) in [7, 11) is 0. The number of aryl methyl sites for hydroxylation is 2. The van der Waals surface area contributed by atoms with Gasteiger partial charge in [0.2, 0.25) is 0 Å². The van der Waals surface area contributed by atoms with Gasteiger partial charge in [0, 0.05) is 11.1 Å². The summed E-state index contributed by atoms with van der Waals surface area (Å²) in [6.45, 7) is 0. The number of carbonyl (C=O) groups excluding carboxylic acids is 1. The summed E-state index contributed by atoms with van der Waals surface area (Å²) in [5.74, 6) is -0.936. The molecular formula is C22H18O3. The maximum atomic E-state index is 12.9. The first-order valence-electron chi connectivity index (χ1n) is 8.55. The van der Waals surface area contributed by atoms with E-state index in [1.54, 1.807) is 24.3 Å². The highest BCUT2D eigenvalue weighted by atomic mass is 16.4. The van der Waals surface area contributed by atoms with E-state index in [2.05, 4.69) is 6.07 Å². The Morgan fingerprint density at radius 3 is 1.96 bits per heavy atom. The Kier molecular flexibility index (Phi) is 3.85. The van der Waals surface area contributed by atoms with Gasteiger partial charge in [0.1, 0.15) is 0 Å². The molecule has 0 bridgehead atoms. The Balaban J connectivity index is 1.70. The summed E-state index contributed by atoms with van der Waals surface area (Å²) in [4.78, 5) is 23.9. The third-order valence-electron chi connectivity index (χ3n) is 4.96. The van der Waals surface area contributed by atoms with Crippen molar-refractivity contribution in [1.82, 2.24) is 0 Å². The zero-order valence-corrected chi connectivity index (χ0v) is 13.8. The fraction of sp³-hybridized carbons (Fsp3) is 0.182. The molecule has 0 aliphatic heterocycles. The van der Waals surface area contributed by atoms with Crippen LogP contribution in [0.4, 0.5) is 0 Å². The van der Waals surface area contributed by atoms with Crippen molar-refractivity contribution in [2.24, 2.45) is 0 Å². The van der Waals surface area contributed by atoms with E-state index < -0.39 is 5.97 Å². The van der Waals surface area contributed by atoms with Crippen molar-refractivity contribution in [2.45, 2.75) is 25.7 Å². The normalized spacial score (nSPS) is 13.4. The molecule has 1 aliphatic carbocycles. The van der Waals surface area contributed by atoms with Crippen molar-refractivity contribution in [3.63, 3.8) is 0 Å². The number of hydrogen-bond donors (Lipinski definition) is 1. The molecule has 0 amide bonds. The zero-order chi connectivity index (χ0) is 17.4. The van der Waals surface area contributed by atoms with Crippen molar-refractivity contribution >= 4 is 22.5 Å². The minimum Gasteiger partial charge on any atom is -0.478 e. The molecule has 0 fully saturated rings. The summed E-state index contributed by atoms with van der Waals surface area (Å²) in [5.41, 5.74) is 4.27. The van der Waals surface area contributed by atoms with Gasteiger partial charge in [-0.3, -0.25) is 4.79 Å². The summed E-state index contributed by atoms with van der Waals surface area (Å²) >= 11 is 0. The molecule has 1 N–H and O–H groups in total. The molecule has 0 heterocycles. The van der Waals surface area contributed by atoms with Crippen molar-refractivity contribution in [2.75, 3.05) is 0 Å². The monoisotopic (exact) mass is 330 g/mol. The quantitative estimate of drug-likeness (QED) is 0.711. The van der Waals surface area contributed by atoms with E-state index in [-0.39, 0.29) is 11.3 Å². The van der Waals surface area contributed by atoms with Gasteiger partial charge in [0.15, 0.2) is 5.78 Å². The second-order valence-corrected chi connectivity index (χ2v) is 6.60. The lowest BCUT2D eigenvalue weighted by molar-refractivity contribution is 0.0697. The SMILES string of the molecule is O=C(O)c1ccc2cc(C(=O)c3ccc4c(c3)CCCC4)ccc2c1. The maximum Gasteiger partial charge on any atom is 0.335 e.